The molecule has 0 aromatic heterocycles. The van der Waals surface area contributed by atoms with Crippen molar-refractivity contribution in [3.8, 4) is 0 Å². The van der Waals surface area contributed by atoms with Gasteiger partial charge in [0.1, 0.15) is 0 Å². The Morgan fingerprint density at radius 1 is 1.00 bits per heavy atom. The summed E-state index contributed by atoms with van der Waals surface area (Å²) in [4.78, 5) is 22.7. The number of carbonyl (C=O) groups excluding carboxylic acids is 2. The van der Waals surface area contributed by atoms with Gasteiger partial charge in [-0.15, -0.1) is 0 Å². The van der Waals surface area contributed by atoms with Crippen LogP contribution in [0.15, 0.2) is 48.5 Å². The fourth-order valence-corrected chi connectivity index (χ4v) is 1.91. The molecule has 0 bridgehead atoms. The Morgan fingerprint density at radius 2 is 1.67 bits per heavy atom. The van der Waals surface area contributed by atoms with Crippen LogP contribution < -0.4 is 16.4 Å². The van der Waals surface area contributed by atoms with E-state index in [1.165, 1.54) is 36.4 Å². The van der Waals surface area contributed by atoms with E-state index in [1.54, 1.807) is 0 Å². The largest absolute Gasteiger partial charge is 0.416 e. The van der Waals surface area contributed by atoms with Crippen LogP contribution in [0.2, 0.25) is 0 Å². The van der Waals surface area contributed by atoms with E-state index < -0.39 is 23.6 Å². The minimum Gasteiger partial charge on any atom is -0.376 e. The molecule has 0 heterocycles. The summed E-state index contributed by atoms with van der Waals surface area (Å²) in [5.41, 5.74) is 5.23. The molecule has 0 atom stereocenters. The molecule has 0 radical (unpaired) electrons. The fraction of sp³-hybridized carbons (Fsp3) is 0.125. The van der Waals surface area contributed by atoms with E-state index in [2.05, 4.69) is 10.6 Å². The van der Waals surface area contributed by atoms with Gasteiger partial charge in [-0.2, -0.15) is 13.2 Å². The van der Waals surface area contributed by atoms with Crippen LogP contribution in [-0.2, 0) is 11.0 Å². The van der Waals surface area contributed by atoms with Gasteiger partial charge in [-0.3, -0.25) is 9.59 Å². The van der Waals surface area contributed by atoms with Crippen molar-refractivity contribution in [2.45, 2.75) is 6.18 Å². The lowest BCUT2D eigenvalue weighted by atomic mass is 10.2. The van der Waals surface area contributed by atoms with Crippen molar-refractivity contribution in [3.63, 3.8) is 0 Å². The highest BCUT2D eigenvalue weighted by atomic mass is 19.4. The Balaban J connectivity index is 1.92. The van der Waals surface area contributed by atoms with Gasteiger partial charge in [0.15, 0.2) is 0 Å². The quantitative estimate of drug-likeness (QED) is 0.784. The van der Waals surface area contributed by atoms with Gasteiger partial charge in [-0.05, 0) is 42.5 Å². The van der Waals surface area contributed by atoms with Crippen LogP contribution >= 0.6 is 0 Å². The zero-order valence-electron chi connectivity index (χ0n) is 12.4. The molecule has 0 saturated heterocycles. The van der Waals surface area contributed by atoms with E-state index in [4.69, 9.17) is 5.73 Å². The molecule has 4 N–H and O–H groups in total. The average molecular weight is 337 g/mol. The number of carbonyl (C=O) groups is 2. The number of alkyl halides is 3. The van der Waals surface area contributed by atoms with Gasteiger partial charge in [-0.1, -0.05) is 6.07 Å². The molecular weight excluding hydrogens is 323 g/mol. The molecule has 24 heavy (non-hydrogen) atoms. The number of rotatable bonds is 5. The summed E-state index contributed by atoms with van der Waals surface area (Å²) in [7, 11) is 0. The van der Waals surface area contributed by atoms with Crippen LogP contribution in [-0.4, -0.2) is 18.4 Å². The lowest BCUT2D eigenvalue weighted by molar-refractivity contribution is -0.137. The average Bonchev–Trinajstić information content (AvgIpc) is 2.53. The number of nitrogens with two attached hydrogens (primary N) is 1. The Labute approximate surface area is 135 Å². The highest BCUT2D eigenvalue weighted by molar-refractivity contribution is 5.96. The first-order valence-electron chi connectivity index (χ1n) is 6.86. The molecule has 0 aliphatic carbocycles. The molecule has 0 aliphatic heterocycles. The molecule has 0 saturated carbocycles. The summed E-state index contributed by atoms with van der Waals surface area (Å²) in [6.45, 7) is -0.209. The lowest BCUT2D eigenvalue weighted by Gasteiger charge is -2.11. The number of benzene rings is 2. The molecule has 8 heteroatoms. The number of hydrogen-bond donors (Lipinski definition) is 3. The molecule has 5 nitrogen and oxygen atoms in total. The van der Waals surface area contributed by atoms with Gasteiger partial charge in [0.2, 0.25) is 11.8 Å². The fourth-order valence-electron chi connectivity index (χ4n) is 1.91. The number of halogens is 3. The van der Waals surface area contributed by atoms with Gasteiger partial charge < -0.3 is 16.4 Å². The zero-order valence-corrected chi connectivity index (χ0v) is 12.4. The van der Waals surface area contributed by atoms with E-state index >= 15 is 0 Å². The van der Waals surface area contributed by atoms with Crippen molar-refractivity contribution < 1.29 is 22.8 Å². The number of amides is 2. The SMILES string of the molecule is NC(=O)c1ccc(NC(=O)CNc2cccc(C(F)(F)F)c2)cc1. The minimum absolute atomic E-state index is 0.184. The predicted molar refractivity (Wildman–Crippen MR) is 83.5 cm³/mol. The molecular formula is C16H14F3N3O2. The number of nitrogens with one attached hydrogen (secondary N) is 2. The normalized spacial score (nSPS) is 11.0. The third-order valence-corrected chi connectivity index (χ3v) is 3.10. The summed E-state index contributed by atoms with van der Waals surface area (Å²) in [6, 6.07) is 10.5. The van der Waals surface area contributed by atoms with Crippen molar-refractivity contribution in [2.24, 2.45) is 5.73 Å². The smallest absolute Gasteiger partial charge is 0.376 e. The van der Waals surface area contributed by atoms with Crippen LogP contribution in [0.4, 0.5) is 24.5 Å². The molecule has 2 amide bonds. The maximum atomic E-state index is 12.6. The molecule has 2 aromatic rings. The first-order valence-corrected chi connectivity index (χ1v) is 6.86. The highest BCUT2D eigenvalue weighted by Crippen LogP contribution is 2.30. The Kier molecular flexibility index (Phi) is 5.08. The Morgan fingerprint density at radius 3 is 2.25 bits per heavy atom. The first-order chi connectivity index (χ1) is 11.3. The van der Waals surface area contributed by atoms with Gasteiger partial charge in [0, 0.05) is 16.9 Å². The number of hydrogen-bond acceptors (Lipinski definition) is 3. The van der Waals surface area contributed by atoms with E-state index in [0.29, 0.717) is 11.3 Å². The van der Waals surface area contributed by atoms with E-state index in [0.717, 1.165) is 12.1 Å². The van der Waals surface area contributed by atoms with Crippen LogP contribution in [0.5, 0.6) is 0 Å². The molecule has 0 unspecified atom stereocenters. The first kappa shape index (κ1) is 17.3. The van der Waals surface area contributed by atoms with Crippen LogP contribution in [0.25, 0.3) is 0 Å². The van der Waals surface area contributed by atoms with Crippen LogP contribution in [0.3, 0.4) is 0 Å². The Hall–Kier alpha value is -3.03. The van der Waals surface area contributed by atoms with Crippen LogP contribution in [0.1, 0.15) is 15.9 Å². The van der Waals surface area contributed by atoms with Crippen molar-refractivity contribution in [1.29, 1.82) is 0 Å². The summed E-state index contributed by atoms with van der Waals surface area (Å²) in [5, 5.41) is 5.17. The second-order valence-corrected chi connectivity index (χ2v) is 4.92. The second-order valence-electron chi connectivity index (χ2n) is 4.92. The van der Waals surface area contributed by atoms with E-state index in [1.807, 2.05) is 0 Å². The topological polar surface area (TPSA) is 84.2 Å². The standard InChI is InChI=1S/C16H14F3N3O2/c17-16(18,19)11-2-1-3-13(8-11)21-9-14(23)22-12-6-4-10(5-7-12)15(20)24/h1-8,21H,9H2,(H2,20,24)(H,22,23). The molecule has 0 aliphatic rings. The zero-order chi connectivity index (χ0) is 17.7. The molecule has 0 spiro atoms. The van der Waals surface area contributed by atoms with Gasteiger partial charge in [0.25, 0.3) is 0 Å². The number of primary amides is 1. The van der Waals surface area contributed by atoms with E-state index in [9.17, 15) is 22.8 Å². The van der Waals surface area contributed by atoms with Gasteiger partial charge >= 0.3 is 6.18 Å². The summed E-state index contributed by atoms with van der Waals surface area (Å²) in [5.74, 6) is -1.03. The van der Waals surface area contributed by atoms with Crippen molar-refractivity contribution in [1.82, 2.24) is 0 Å². The molecule has 2 aromatic carbocycles. The second kappa shape index (κ2) is 7.03. The van der Waals surface area contributed by atoms with Gasteiger partial charge in [0.05, 0.1) is 12.1 Å². The van der Waals surface area contributed by atoms with Crippen molar-refractivity contribution in [3.05, 3.63) is 59.7 Å². The maximum absolute atomic E-state index is 12.6. The maximum Gasteiger partial charge on any atom is 0.416 e. The summed E-state index contributed by atoms with van der Waals surface area (Å²) < 4.78 is 37.8. The number of anilines is 2. The summed E-state index contributed by atoms with van der Waals surface area (Å²) in [6.07, 6.45) is -4.44. The monoisotopic (exact) mass is 337 g/mol. The third-order valence-electron chi connectivity index (χ3n) is 3.10. The van der Waals surface area contributed by atoms with Gasteiger partial charge in [-0.25, -0.2) is 0 Å². The lowest BCUT2D eigenvalue weighted by Crippen LogP contribution is -2.22. The van der Waals surface area contributed by atoms with E-state index in [-0.39, 0.29) is 12.2 Å². The minimum atomic E-state index is -4.44. The predicted octanol–water partition coefficient (Wildman–Crippen LogP) is 2.85. The van der Waals surface area contributed by atoms with Crippen molar-refractivity contribution in [2.75, 3.05) is 17.2 Å². The molecule has 126 valence electrons. The third kappa shape index (κ3) is 4.73. The van der Waals surface area contributed by atoms with Crippen molar-refractivity contribution >= 4 is 23.2 Å². The van der Waals surface area contributed by atoms with Crippen LogP contribution in [0, 0.1) is 0 Å². The Bertz CT molecular complexity index is 743. The summed E-state index contributed by atoms with van der Waals surface area (Å²) >= 11 is 0. The molecule has 0 fully saturated rings. The molecule has 2 rings (SSSR count). The highest BCUT2D eigenvalue weighted by Gasteiger charge is 2.30.